The molecule has 100 valence electrons. The van der Waals surface area contributed by atoms with Gasteiger partial charge in [-0.3, -0.25) is 0 Å². The molecule has 0 unspecified atom stereocenters. The number of carboxylic acid groups (broad SMARTS) is 1. The lowest BCUT2D eigenvalue weighted by molar-refractivity contribution is 0.0696. The predicted octanol–water partition coefficient (Wildman–Crippen LogP) is 2.66. The fourth-order valence-corrected chi connectivity index (χ4v) is 1.67. The van der Waals surface area contributed by atoms with E-state index in [1.165, 1.54) is 12.3 Å². The zero-order chi connectivity index (χ0) is 13.8. The molecule has 0 spiro atoms. The normalized spacial score (nSPS) is 10.2. The summed E-state index contributed by atoms with van der Waals surface area (Å²) in [5.41, 5.74) is 2.22. The Kier molecular flexibility index (Phi) is 3.75. The quantitative estimate of drug-likeness (QED) is 0.865. The van der Waals surface area contributed by atoms with Crippen molar-refractivity contribution in [2.45, 2.75) is 6.54 Å². The summed E-state index contributed by atoms with van der Waals surface area (Å²) in [6.07, 6.45) is 1.25. The minimum atomic E-state index is -0.982. The van der Waals surface area contributed by atoms with Crippen molar-refractivity contribution in [3.8, 4) is 0 Å². The van der Waals surface area contributed by atoms with Gasteiger partial charge in [0, 0.05) is 25.5 Å². The van der Waals surface area contributed by atoms with E-state index in [4.69, 9.17) is 9.52 Å². The number of anilines is 2. The number of nitrogens with one attached hydrogen (secondary N) is 1. The fourth-order valence-electron chi connectivity index (χ4n) is 1.67. The first kappa shape index (κ1) is 13.0. The summed E-state index contributed by atoms with van der Waals surface area (Å²) in [5, 5.41) is 12.0. The minimum Gasteiger partial charge on any atom is -0.478 e. The molecule has 0 aliphatic heterocycles. The van der Waals surface area contributed by atoms with Gasteiger partial charge in [0.05, 0.1) is 12.1 Å². The van der Waals surface area contributed by atoms with Crippen LogP contribution in [-0.2, 0) is 6.54 Å². The minimum absolute atomic E-state index is 0.166. The number of furan rings is 1. The van der Waals surface area contributed by atoms with Crippen LogP contribution in [0, 0.1) is 0 Å². The average molecular weight is 260 g/mol. The second-order valence-electron chi connectivity index (χ2n) is 4.41. The molecule has 1 aromatic heterocycles. The zero-order valence-electron chi connectivity index (χ0n) is 10.9. The summed E-state index contributed by atoms with van der Waals surface area (Å²) < 4.78 is 5.17. The van der Waals surface area contributed by atoms with Crippen LogP contribution in [-0.4, -0.2) is 25.2 Å². The van der Waals surface area contributed by atoms with Crippen molar-refractivity contribution >= 4 is 17.3 Å². The number of carbonyl (C=O) groups is 1. The van der Waals surface area contributed by atoms with Crippen molar-refractivity contribution in [2.24, 2.45) is 0 Å². The standard InChI is InChI=1S/C14H16N2O3/c1-16(2)12-5-3-4-11(7-12)15-8-13-6-10(9-19-13)14(17)18/h3-7,9,15H,8H2,1-2H3,(H,17,18). The molecular weight excluding hydrogens is 244 g/mol. The lowest BCUT2D eigenvalue weighted by Crippen LogP contribution is -2.09. The van der Waals surface area contributed by atoms with Crippen molar-refractivity contribution in [1.82, 2.24) is 0 Å². The number of aromatic carboxylic acids is 1. The summed E-state index contributed by atoms with van der Waals surface area (Å²) in [7, 11) is 3.95. The molecule has 2 aromatic rings. The molecule has 0 fully saturated rings. The highest BCUT2D eigenvalue weighted by molar-refractivity contribution is 5.87. The molecule has 19 heavy (non-hydrogen) atoms. The second-order valence-corrected chi connectivity index (χ2v) is 4.41. The number of carboxylic acids is 1. The Labute approximate surface area is 111 Å². The zero-order valence-corrected chi connectivity index (χ0v) is 10.9. The molecule has 0 atom stereocenters. The van der Waals surface area contributed by atoms with Crippen LogP contribution >= 0.6 is 0 Å². The van der Waals surface area contributed by atoms with Crippen molar-refractivity contribution in [1.29, 1.82) is 0 Å². The molecule has 0 bridgehead atoms. The molecule has 5 heteroatoms. The molecule has 1 heterocycles. The summed E-state index contributed by atoms with van der Waals surface area (Å²) in [5.74, 6) is -0.391. The first-order valence-corrected chi connectivity index (χ1v) is 5.88. The number of rotatable bonds is 5. The molecule has 1 aromatic carbocycles. The third kappa shape index (κ3) is 3.28. The van der Waals surface area contributed by atoms with Crippen LogP contribution in [0.1, 0.15) is 16.1 Å². The third-order valence-corrected chi connectivity index (χ3v) is 2.73. The summed E-state index contributed by atoms with van der Waals surface area (Å²) >= 11 is 0. The van der Waals surface area contributed by atoms with E-state index < -0.39 is 5.97 Å². The van der Waals surface area contributed by atoms with E-state index in [0.29, 0.717) is 12.3 Å². The van der Waals surface area contributed by atoms with E-state index in [1.807, 2.05) is 43.3 Å². The first-order chi connectivity index (χ1) is 9.06. The van der Waals surface area contributed by atoms with E-state index in [2.05, 4.69) is 5.32 Å². The van der Waals surface area contributed by atoms with Crippen molar-refractivity contribution < 1.29 is 14.3 Å². The number of benzene rings is 1. The highest BCUT2D eigenvalue weighted by Gasteiger charge is 2.07. The summed E-state index contributed by atoms with van der Waals surface area (Å²) in [6, 6.07) is 9.46. The largest absolute Gasteiger partial charge is 0.478 e. The van der Waals surface area contributed by atoms with E-state index in [9.17, 15) is 4.79 Å². The van der Waals surface area contributed by atoms with Gasteiger partial charge in [0.2, 0.25) is 0 Å². The maximum Gasteiger partial charge on any atom is 0.338 e. The molecule has 0 aliphatic rings. The van der Waals surface area contributed by atoms with Gasteiger partial charge >= 0.3 is 5.97 Å². The van der Waals surface area contributed by atoms with E-state index in [0.717, 1.165) is 11.4 Å². The maximum absolute atomic E-state index is 10.7. The third-order valence-electron chi connectivity index (χ3n) is 2.73. The van der Waals surface area contributed by atoms with Gasteiger partial charge in [0.25, 0.3) is 0 Å². The Morgan fingerprint density at radius 1 is 1.37 bits per heavy atom. The fraction of sp³-hybridized carbons (Fsp3) is 0.214. The highest BCUT2D eigenvalue weighted by atomic mass is 16.4. The average Bonchev–Trinajstić information content (AvgIpc) is 2.85. The van der Waals surface area contributed by atoms with Crippen LogP contribution in [0.4, 0.5) is 11.4 Å². The first-order valence-electron chi connectivity index (χ1n) is 5.88. The summed E-state index contributed by atoms with van der Waals surface area (Å²) in [6.45, 7) is 0.449. The Morgan fingerprint density at radius 3 is 2.79 bits per heavy atom. The Bertz CT molecular complexity index is 576. The molecule has 2 N–H and O–H groups in total. The van der Waals surface area contributed by atoms with Gasteiger partial charge in [-0.05, 0) is 24.3 Å². The van der Waals surface area contributed by atoms with Gasteiger partial charge in [0.1, 0.15) is 12.0 Å². The molecule has 0 amide bonds. The molecule has 0 aliphatic carbocycles. The number of hydrogen-bond acceptors (Lipinski definition) is 4. The van der Waals surface area contributed by atoms with Gasteiger partial charge in [0.15, 0.2) is 0 Å². The Morgan fingerprint density at radius 2 is 2.16 bits per heavy atom. The molecule has 5 nitrogen and oxygen atoms in total. The van der Waals surface area contributed by atoms with E-state index >= 15 is 0 Å². The smallest absolute Gasteiger partial charge is 0.338 e. The van der Waals surface area contributed by atoms with Crippen LogP contribution in [0.25, 0.3) is 0 Å². The van der Waals surface area contributed by atoms with Gasteiger partial charge < -0.3 is 19.7 Å². The highest BCUT2D eigenvalue weighted by Crippen LogP contribution is 2.18. The van der Waals surface area contributed by atoms with Gasteiger partial charge in [-0.15, -0.1) is 0 Å². The van der Waals surface area contributed by atoms with Gasteiger partial charge in [-0.25, -0.2) is 4.79 Å². The van der Waals surface area contributed by atoms with Crippen LogP contribution in [0.2, 0.25) is 0 Å². The molecule has 0 saturated carbocycles. The van der Waals surface area contributed by atoms with Crippen LogP contribution in [0.5, 0.6) is 0 Å². The number of hydrogen-bond donors (Lipinski definition) is 2. The van der Waals surface area contributed by atoms with Crippen LogP contribution in [0.15, 0.2) is 41.0 Å². The lowest BCUT2D eigenvalue weighted by Gasteiger charge is -2.14. The Balaban J connectivity index is 2.01. The van der Waals surface area contributed by atoms with E-state index in [-0.39, 0.29) is 5.56 Å². The number of nitrogens with zero attached hydrogens (tertiary/aromatic N) is 1. The molecular formula is C14H16N2O3. The van der Waals surface area contributed by atoms with Crippen LogP contribution < -0.4 is 10.2 Å². The van der Waals surface area contributed by atoms with E-state index in [1.54, 1.807) is 0 Å². The van der Waals surface area contributed by atoms with Crippen molar-refractivity contribution in [3.63, 3.8) is 0 Å². The monoisotopic (exact) mass is 260 g/mol. The maximum atomic E-state index is 10.7. The molecule has 0 saturated heterocycles. The molecule has 2 rings (SSSR count). The van der Waals surface area contributed by atoms with Gasteiger partial charge in [-0.1, -0.05) is 6.07 Å². The summed E-state index contributed by atoms with van der Waals surface area (Å²) in [4.78, 5) is 12.7. The predicted molar refractivity (Wildman–Crippen MR) is 73.8 cm³/mol. The lowest BCUT2D eigenvalue weighted by atomic mass is 10.2. The SMILES string of the molecule is CN(C)c1cccc(NCc2cc(C(=O)O)co2)c1. The Hall–Kier alpha value is -2.43. The molecule has 0 radical (unpaired) electrons. The topological polar surface area (TPSA) is 65.7 Å². The van der Waals surface area contributed by atoms with Crippen LogP contribution in [0.3, 0.4) is 0 Å². The van der Waals surface area contributed by atoms with Crippen molar-refractivity contribution in [3.05, 3.63) is 47.9 Å². The van der Waals surface area contributed by atoms with Crippen molar-refractivity contribution in [2.75, 3.05) is 24.3 Å². The van der Waals surface area contributed by atoms with Gasteiger partial charge in [-0.2, -0.15) is 0 Å². The second kappa shape index (κ2) is 5.48.